The molecule has 1 N–H and O–H groups in total. The van der Waals surface area contributed by atoms with Crippen LogP contribution in [-0.2, 0) is 24.4 Å². The van der Waals surface area contributed by atoms with E-state index in [1.807, 2.05) is 42.7 Å². The summed E-state index contributed by atoms with van der Waals surface area (Å²) in [5.41, 5.74) is 1.92. The van der Waals surface area contributed by atoms with Gasteiger partial charge in [-0.1, -0.05) is 48.5 Å². The van der Waals surface area contributed by atoms with Crippen molar-refractivity contribution in [3.8, 4) is 5.75 Å². The van der Waals surface area contributed by atoms with Crippen LogP contribution < -0.4 is 10.1 Å². The molecule has 1 aromatic heterocycles. The van der Waals surface area contributed by atoms with Crippen LogP contribution in [0.4, 0.5) is 10.1 Å². The van der Waals surface area contributed by atoms with Gasteiger partial charge in [0.25, 0.3) is 0 Å². The van der Waals surface area contributed by atoms with Crippen molar-refractivity contribution in [1.29, 1.82) is 0 Å². The summed E-state index contributed by atoms with van der Waals surface area (Å²) in [5.74, 6) is 0.634. The second-order valence-corrected chi connectivity index (χ2v) is 7.70. The van der Waals surface area contributed by atoms with E-state index < -0.39 is 5.82 Å². The molecular formula is C21H22ClFN4O2S. The molecule has 0 saturated carbocycles. The van der Waals surface area contributed by atoms with Crippen molar-refractivity contribution in [3.63, 3.8) is 0 Å². The van der Waals surface area contributed by atoms with E-state index in [1.54, 1.807) is 0 Å². The normalized spacial score (nSPS) is 10.8. The summed E-state index contributed by atoms with van der Waals surface area (Å²) in [5, 5.41) is 12.1. The SMILES string of the molecule is CCc1ccccc1NC(=O)CSc1nnc(COc2ccc(F)cc2Cl)n1CC. The lowest BCUT2D eigenvalue weighted by Crippen LogP contribution is -2.16. The number of para-hydroxylation sites is 1. The van der Waals surface area contributed by atoms with Crippen molar-refractivity contribution in [1.82, 2.24) is 14.8 Å². The number of nitrogens with zero attached hydrogens (tertiary/aromatic N) is 3. The van der Waals surface area contributed by atoms with Gasteiger partial charge in [0.2, 0.25) is 5.91 Å². The molecule has 0 aliphatic rings. The minimum Gasteiger partial charge on any atom is -0.484 e. The third kappa shape index (κ3) is 5.52. The number of carbonyl (C=O) groups excluding carboxylic acids is 1. The Morgan fingerprint density at radius 1 is 1.23 bits per heavy atom. The van der Waals surface area contributed by atoms with Crippen LogP contribution in [-0.4, -0.2) is 26.4 Å². The molecule has 6 nitrogen and oxygen atoms in total. The molecule has 2 aromatic carbocycles. The van der Waals surface area contributed by atoms with E-state index >= 15 is 0 Å². The quantitative estimate of drug-likeness (QED) is 0.468. The summed E-state index contributed by atoms with van der Waals surface area (Å²) in [4.78, 5) is 12.4. The maximum absolute atomic E-state index is 13.2. The van der Waals surface area contributed by atoms with Crippen molar-refractivity contribution in [2.75, 3.05) is 11.1 Å². The topological polar surface area (TPSA) is 69.0 Å². The van der Waals surface area contributed by atoms with E-state index in [-0.39, 0.29) is 23.3 Å². The van der Waals surface area contributed by atoms with Gasteiger partial charge in [0.1, 0.15) is 18.2 Å². The number of aryl methyl sites for hydroxylation is 1. The first-order valence-electron chi connectivity index (χ1n) is 9.52. The van der Waals surface area contributed by atoms with E-state index in [9.17, 15) is 9.18 Å². The Balaban J connectivity index is 1.60. The number of amides is 1. The number of aromatic nitrogens is 3. The molecule has 0 saturated heterocycles. The molecule has 0 aliphatic heterocycles. The zero-order chi connectivity index (χ0) is 21.5. The van der Waals surface area contributed by atoms with Crippen LogP contribution in [0.5, 0.6) is 5.75 Å². The molecule has 3 rings (SSSR count). The number of nitrogens with one attached hydrogen (secondary N) is 1. The summed E-state index contributed by atoms with van der Waals surface area (Å²) in [6, 6.07) is 11.7. The largest absolute Gasteiger partial charge is 0.484 e. The van der Waals surface area contributed by atoms with Crippen LogP contribution in [0.25, 0.3) is 0 Å². The summed E-state index contributed by atoms with van der Waals surface area (Å²) < 4.78 is 20.7. The Bertz CT molecular complexity index is 1030. The highest BCUT2D eigenvalue weighted by atomic mass is 35.5. The molecule has 0 aliphatic carbocycles. The van der Waals surface area contributed by atoms with Crippen LogP contribution in [0.15, 0.2) is 47.6 Å². The second-order valence-electron chi connectivity index (χ2n) is 6.35. The van der Waals surface area contributed by atoms with Gasteiger partial charge in [-0.15, -0.1) is 10.2 Å². The van der Waals surface area contributed by atoms with Gasteiger partial charge in [-0.25, -0.2) is 4.39 Å². The molecule has 0 atom stereocenters. The standard InChI is InChI=1S/C21H22ClFN4O2S/c1-3-14-7-5-6-8-17(14)24-20(28)13-30-21-26-25-19(27(21)4-2)12-29-18-10-9-15(23)11-16(18)22/h5-11H,3-4,12-13H2,1-2H3,(H,24,28). The first-order valence-corrected chi connectivity index (χ1v) is 10.9. The molecule has 1 heterocycles. The first-order chi connectivity index (χ1) is 14.5. The monoisotopic (exact) mass is 448 g/mol. The van der Waals surface area contributed by atoms with Crippen LogP contribution in [0.1, 0.15) is 25.2 Å². The van der Waals surface area contributed by atoms with E-state index in [0.717, 1.165) is 17.7 Å². The molecular weight excluding hydrogens is 427 g/mol. The molecule has 3 aromatic rings. The number of anilines is 1. The second kappa shape index (κ2) is 10.4. The lowest BCUT2D eigenvalue weighted by atomic mass is 10.1. The van der Waals surface area contributed by atoms with Gasteiger partial charge in [0, 0.05) is 12.2 Å². The number of hydrogen-bond acceptors (Lipinski definition) is 5. The lowest BCUT2D eigenvalue weighted by Gasteiger charge is -2.11. The minimum absolute atomic E-state index is 0.109. The number of ether oxygens (including phenoxy) is 1. The van der Waals surface area contributed by atoms with Crippen molar-refractivity contribution < 1.29 is 13.9 Å². The third-order valence-corrected chi connectivity index (χ3v) is 5.63. The predicted molar refractivity (Wildman–Crippen MR) is 117 cm³/mol. The van der Waals surface area contributed by atoms with E-state index in [0.29, 0.717) is 23.3 Å². The molecule has 30 heavy (non-hydrogen) atoms. The van der Waals surface area contributed by atoms with Gasteiger partial charge in [0.15, 0.2) is 11.0 Å². The maximum atomic E-state index is 13.2. The van der Waals surface area contributed by atoms with Crippen molar-refractivity contribution >= 4 is 35.0 Å². The molecule has 9 heteroatoms. The molecule has 0 spiro atoms. The van der Waals surface area contributed by atoms with Gasteiger partial charge >= 0.3 is 0 Å². The Kier molecular flexibility index (Phi) is 7.70. The van der Waals surface area contributed by atoms with Crippen LogP contribution >= 0.6 is 23.4 Å². The van der Waals surface area contributed by atoms with Gasteiger partial charge in [-0.05, 0) is 43.2 Å². The number of thioether (sulfide) groups is 1. The molecule has 0 radical (unpaired) electrons. The predicted octanol–water partition coefficient (Wildman–Crippen LogP) is 4.96. The number of rotatable bonds is 9. The van der Waals surface area contributed by atoms with E-state index in [4.69, 9.17) is 16.3 Å². The highest BCUT2D eigenvalue weighted by molar-refractivity contribution is 7.99. The molecule has 0 fully saturated rings. The minimum atomic E-state index is -0.428. The zero-order valence-corrected chi connectivity index (χ0v) is 18.3. The Morgan fingerprint density at radius 3 is 2.77 bits per heavy atom. The maximum Gasteiger partial charge on any atom is 0.234 e. The average molecular weight is 449 g/mol. The lowest BCUT2D eigenvalue weighted by molar-refractivity contribution is -0.113. The Morgan fingerprint density at radius 2 is 2.03 bits per heavy atom. The summed E-state index contributed by atoms with van der Waals surface area (Å²) in [6.07, 6.45) is 0.842. The molecule has 158 valence electrons. The Hall–Kier alpha value is -2.58. The van der Waals surface area contributed by atoms with Crippen LogP contribution in [0.3, 0.4) is 0 Å². The Labute approximate surface area is 183 Å². The van der Waals surface area contributed by atoms with Crippen LogP contribution in [0.2, 0.25) is 5.02 Å². The summed E-state index contributed by atoms with van der Waals surface area (Å²) in [6.45, 7) is 4.75. The smallest absolute Gasteiger partial charge is 0.234 e. The summed E-state index contributed by atoms with van der Waals surface area (Å²) in [7, 11) is 0. The highest BCUT2D eigenvalue weighted by Gasteiger charge is 2.15. The summed E-state index contributed by atoms with van der Waals surface area (Å²) >= 11 is 7.30. The molecule has 0 unspecified atom stereocenters. The van der Waals surface area contributed by atoms with Crippen molar-refractivity contribution in [3.05, 3.63) is 64.7 Å². The van der Waals surface area contributed by atoms with Gasteiger partial charge in [-0.3, -0.25) is 4.79 Å². The van der Waals surface area contributed by atoms with Crippen molar-refractivity contribution in [2.45, 2.75) is 38.6 Å². The van der Waals surface area contributed by atoms with Gasteiger partial charge < -0.3 is 14.6 Å². The fourth-order valence-corrected chi connectivity index (χ4v) is 3.89. The van der Waals surface area contributed by atoms with Gasteiger partial charge in [0.05, 0.1) is 10.8 Å². The number of carbonyl (C=O) groups is 1. The third-order valence-electron chi connectivity index (χ3n) is 4.37. The van der Waals surface area contributed by atoms with E-state index in [1.165, 1.54) is 30.0 Å². The average Bonchev–Trinajstić information content (AvgIpc) is 3.14. The van der Waals surface area contributed by atoms with Crippen molar-refractivity contribution in [2.24, 2.45) is 0 Å². The number of benzene rings is 2. The first kappa shape index (κ1) is 22.1. The fraction of sp³-hybridized carbons (Fsp3) is 0.286. The fourth-order valence-electron chi connectivity index (χ4n) is 2.85. The molecule has 0 bridgehead atoms. The zero-order valence-electron chi connectivity index (χ0n) is 16.7. The number of hydrogen-bond donors (Lipinski definition) is 1. The number of halogens is 2. The van der Waals surface area contributed by atoms with Crippen LogP contribution in [0, 0.1) is 5.82 Å². The van der Waals surface area contributed by atoms with Gasteiger partial charge in [-0.2, -0.15) is 0 Å². The van der Waals surface area contributed by atoms with E-state index in [2.05, 4.69) is 15.5 Å². The molecule has 1 amide bonds. The highest BCUT2D eigenvalue weighted by Crippen LogP contribution is 2.26.